The number of hydrogen-bond acceptors (Lipinski definition) is 6. The summed E-state index contributed by atoms with van der Waals surface area (Å²) < 4.78 is 0.914. The highest BCUT2D eigenvalue weighted by atomic mass is 79.9. The fourth-order valence-electron chi connectivity index (χ4n) is 2.29. The maximum absolute atomic E-state index is 4.46. The lowest BCUT2D eigenvalue weighted by Gasteiger charge is -2.32. The smallest absolute Gasteiger partial charge is 0.225 e. The molecule has 7 heteroatoms. The van der Waals surface area contributed by atoms with Gasteiger partial charge >= 0.3 is 0 Å². The minimum atomic E-state index is 0.493. The molecule has 1 aliphatic rings. The first-order valence-corrected chi connectivity index (χ1v) is 8.29. The molecule has 106 valence electrons. The maximum atomic E-state index is 4.46. The van der Waals surface area contributed by atoms with Crippen molar-refractivity contribution in [1.82, 2.24) is 15.0 Å². The van der Waals surface area contributed by atoms with Gasteiger partial charge in [0.15, 0.2) is 5.13 Å². The molecule has 0 radical (unpaired) electrons. The van der Waals surface area contributed by atoms with Crippen LogP contribution in [0, 0.1) is 6.92 Å². The molecule has 2 aromatic heterocycles. The largest absolute Gasteiger partial charge is 0.359 e. The summed E-state index contributed by atoms with van der Waals surface area (Å²) in [4.78, 5) is 15.4. The number of aromatic nitrogens is 3. The van der Waals surface area contributed by atoms with Gasteiger partial charge in [0.2, 0.25) is 5.95 Å². The minimum Gasteiger partial charge on any atom is -0.359 e. The molecular weight excluding hydrogens is 338 g/mol. The summed E-state index contributed by atoms with van der Waals surface area (Å²) in [6.45, 7) is 3.97. The van der Waals surface area contributed by atoms with E-state index in [1.807, 2.05) is 6.92 Å². The standard InChI is InChI=1S/C13H16BrN5S/c1-9-8-20-13(17-9)18-11-2-4-19(5-3-11)12-15-6-10(14)7-16-12/h6-8,11H,2-5H2,1H3,(H,17,18). The zero-order chi connectivity index (χ0) is 13.9. The number of rotatable bonds is 3. The van der Waals surface area contributed by atoms with E-state index >= 15 is 0 Å². The Hall–Kier alpha value is -1.21. The number of aryl methyl sites for hydroxylation is 1. The second-order valence-corrected chi connectivity index (χ2v) is 6.67. The van der Waals surface area contributed by atoms with Gasteiger partial charge in [-0.15, -0.1) is 11.3 Å². The monoisotopic (exact) mass is 353 g/mol. The van der Waals surface area contributed by atoms with Crippen LogP contribution in [0.15, 0.2) is 22.2 Å². The molecule has 0 unspecified atom stereocenters. The second kappa shape index (κ2) is 6.05. The van der Waals surface area contributed by atoms with Crippen molar-refractivity contribution >= 4 is 38.3 Å². The lowest BCUT2D eigenvalue weighted by molar-refractivity contribution is 0.519. The molecule has 1 N–H and O–H groups in total. The van der Waals surface area contributed by atoms with Crippen molar-refractivity contribution in [3.8, 4) is 0 Å². The first kappa shape index (κ1) is 13.8. The zero-order valence-electron chi connectivity index (χ0n) is 11.2. The molecule has 0 bridgehead atoms. The Labute approximate surface area is 130 Å². The van der Waals surface area contributed by atoms with Crippen molar-refractivity contribution in [2.45, 2.75) is 25.8 Å². The van der Waals surface area contributed by atoms with Gasteiger partial charge in [-0.3, -0.25) is 0 Å². The minimum absolute atomic E-state index is 0.493. The van der Waals surface area contributed by atoms with E-state index in [4.69, 9.17) is 0 Å². The summed E-state index contributed by atoms with van der Waals surface area (Å²) in [5.41, 5.74) is 1.08. The van der Waals surface area contributed by atoms with Crippen LogP contribution in [0.3, 0.4) is 0 Å². The highest BCUT2D eigenvalue weighted by Crippen LogP contribution is 2.22. The van der Waals surface area contributed by atoms with E-state index in [1.165, 1.54) is 0 Å². The fraction of sp³-hybridized carbons (Fsp3) is 0.462. The summed E-state index contributed by atoms with van der Waals surface area (Å²) in [7, 11) is 0. The van der Waals surface area contributed by atoms with Gasteiger partial charge in [-0.05, 0) is 35.7 Å². The third-order valence-corrected chi connectivity index (χ3v) is 4.63. The van der Waals surface area contributed by atoms with E-state index in [9.17, 15) is 0 Å². The van der Waals surface area contributed by atoms with Crippen molar-refractivity contribution in [2.24, 2.45) is 0 Å². The van der Waals surface area contributed by atoms with Crippen molar-refractivity contribution in [3.05, 3.63) is 27.9 Å². The van der Waals surface area contributed by atoms with E-state index in [0.29, 0.717) is 6.04 Å². The average Bonchev–Trinajstić information content (AvgIpc) is 2.86. The number of halogens is 1. The molecule has 0 atom stereocenters. The predicted octanol–water partition coefficient (Wildman–Crippen LogP) is 3.08. The quantitative estimate of drug-likeness (QED) is 0.918. The molecule has 0 saturated carbocycles. The van der Waals surface area contributed by atoms with Gasteiger partial charge in [0.25, 0.3) is 0 Å². The number of nitrogens with one attached hydrogen (secondary N) is 1. The summed E-state index contributed by atoms with van der Waals surface area (Å²) >= 11 is 5.03. The van der Waals surface area contributed by atoms with Gasteiger partial charge in [0, 0.05) is 36.9 Å². The topological polar surface area (TPSA) is 53.9 Å². The molecule has 1 fully saturated rings. The Morgan fingerprint density at radius 3 is 2.60 bits per heavy atom. The van der Waals surface area contributed by atoms with E-state index < -0.39 is 0 Å². The van der Waals surface area contributed by atoms with Crippen LogP contribution in [-0.4, -0.2) is 34.1 Å². The Kier molecular flexibility index (Phi) is 4.16. The molecule has 1 saturated heterocycles. The Balaban J connectivity index is 1.55. The molecule has 5 nitrogen and oxygen atoms in total. The van der Waals surface area contributed by atoms with Crippen LogP contribution < -0.4 is 10.2 Å². The van der Waals surface area contributed by atoms with Gasteiger partial charge in [-0.25, -0.2) is 15.0 Å². The zero-order valence-corrected chi connectivity index (χ0v) is 13.6. The van der Waals surface area contributed by atoms with Gasteiger partial charge in [-0.1, -0.05) is 0 Å². The van der Waals surface area contributed by atoms with E-state index in [2.05, 4.69) is 46.5 Å². The lowest BCUT2D eigenvalue weighted by Crippen LogP contribution is -2.39. The Morgan fingerprint density at radius 2 is 2.00 bits per heavy atom. The number of hydrogen-bond donors (Lipinski definition) is 1. The van der Waals surface area contributed by atoms with Crippen molar-refractivity contribution in [3.63, 3.8) is 0 Å². The van der Waals surface area contributed by atoms with Gasteiger partial charge in [0.05, 0.1) is 10.2 Å². The van der Waals surface area contributed by atoms with Gasteiger partial charge in [0.1, 0.15) is 0 Å². The average molecular weight is 354 g/mol. The van der Waals surface area contributed by atoms with Crippen LogP contribution in [0.2, 0.25) is 0 Å². The van der Waals surface area contributed by atoms with Crippen LogP contribution >= 0.6 is 27.3 Å². The summed E-state index contributed by atoms with van der Waals surface area (Å²) in [6, 6.07) is 0.493. The van der Waals surface area contributed by atoms with Crippen LogP contribution in [0.4, 0.5) is 11.1 Å². The summed E-state index contributed by atoms with van der Waals surface area (Å²) in [5.74, 6) is 0.816. The van der Waals surface area contributed by atoms with Crippen molar-refractivity contribution < 1.29 is 0 Å². The van der Waals surface area contributed by atoms with E-state index in [0.717, 1.165) is 47.2 Å². The molecule has 3 rings (SSSR count). The Bertz CT molecular complexity index is 562. The molecule has 3 heterocycles. The van der Waals surface area contributed by atoms with Gasteiger partial charge in [-0.2, -0.15) is 0 Å². The summed E-state index contributed by atoms with van der Waals surface area (Å²) in [6.07, 6.45) is 5.76. The highest BCUT2D eigenvalue weighted by molar-refractivity contribution is 9.10. The Morgan fingerprint density at radius 1 is 1.30 bits per heavy atom. The molecular formula is C13H16BrN5S. The number of anilines is 2. The van der Waals surface area contributed by atoms with Crippen LogP contribution in [0.25, 0.3) is 0 Å². The molecule has 0 aliphatic carbocycles. The van der Waals surface area contributed by atoms with Crippen molar-refractivity contribution in [1.29, 1.82) is 0 Å². The lowest BCUT2D eigenvalue weighted by atomic mass is 10.1. The first-order chi connectivity index (χ1) is 9.70. The molecule has 0 amide bonds. The maximum Gasteiger partial charge on any atom is 0.225 e. The van der Waals surface area contributed by atoms with Crippen LogP contribution in [0.1, 0.15) is 18.5 Å². The van der Waals surface area contributed by atoms with Crippen LogP contribution in [-0.2, 0) is 0 Å². The number of piperidine rings is 1. The number of thiazole rings is 1. The molecule has 1 aliphatic heterocycles. The SMILES string of the molecule is Cc1csc(NC2CCN(c3ncc(Br)cn3)CC2)n1. The normalized spacial score (nSPS) is 16.4. The molecule has 2 aromatic rings. The molecule has 20 heavy (non-hydrogen) atoms. The first-order valence-electron chi connectivity index (χ1n) is 6.62. The third kappa shape index (κ3) is 3.27. The van der Waals surface area contributed by atoms with Crippen LogP contribution in [0.5, 0.6) is 0 Å². The molecule has 0 aromatic carbocycles. The van der Waals surface area contributed by atoms with Crippen molar-refractivity contribution in [2.75, 3.05) is 23.3 Å². The van der Waals surface area contributed by atoms with E-state index in [1.54, 1.807) is 23.7 Å². The summed E-state index contributed by atoms with van der Waals surface area (Å²) in [5, 5.41) is 6.62. The van der Waals surface area contributed by atoms with E-state index in [-0.39, 0.29) is 0 Å². The third-order valence-electron chi connectivity index (χ3n) is 3.33. The predicted molar refractivity (Wildman–Crippen MR) is 85.4 cm³/mol. The fourth-order valence-corrected chi connectivity index (χ4v) is 3.26. The highest BCUT2D eigenvalue weighted by Gasteiger charge is 2.21. The van der Waals surface area contributed by atoms with Gasteiger partial charge < -0.3 is 10.2 Å². The number of nitrogens with zero attached hydrogens (tertiary/aromatic N) is 4. The molecule has 0 spiro atoms. The second-order valence-electron chi connectivity index (χ2n) is 4.90.